The molecule has 1 aromatic carbocycles. The lowest BCUT2D eigenvalue weighted by atomic mass is 10.0. The largest absolute Gasteiger partial charge is 0.496 e. The van der Waals surface area contributed by atoms with Crippen LogP contribution in [-0.2, 0) is 21.1 Å². The van der Waals surface area contributed by atoms with Crippen LogP contribution < -0.4 is 10.1 Å². The molecule has 1 N–H and O–H groups in total. The summed E-state index contributed by atoms with van der Waals surface area (Å²) in [6.45, 7) is 3.73. The van der Waals surface area contributed by atoms with Crippen LogP contribution in [0, 0.1) is 13.8 Å². The lowest BCUT2D eigenvalue weighted by Crippen LogP contribution is -2.36. The van der Waals surface area contributed by atoms with Crippen LogP contribution in [-0.4, -0.2) is 39.0 Å². The van der Waals surface area contributed by atoms with E-state index in [0.717, 1.165) is 16.7 Å². The monoisotopic (exact) mass is 345 g/mol. The van der Waals surface area contributed by atoms with Gasteiger partial charge in [0, 0.05) is 16.6 Å². The van der Waals surface area contributed by atoms with Crippen molar-refractivity contribution in [3.8, 4) is 5.75 Å². The number of hydrogen-bond acceptors (Lipinski definition) is 4. The van der Waals surface area contributed by atoms with Crippen molar-refractivity contribution < 1.29 is 17.9 Å². The van der Waals surface area contributed by atoms with Crippen molar-refractivity contribution in [2.75, 3.05) is 18.6 Å². The molecular formula is C15H20ClNO4S. The highest BCUT2D eigenvalue weighted by molar-refractivity contribution is 7.91. The minimum atomic E-state index is -3.01. The molecular weight excluding hydrogens is 326 g/mol. The van der Waals surface area contributed by atoms with Crippen LogP contribution in [0.25, 0.3) is 0 Å². The third-order valence-electron chi connectivity index (χ3n) is 3.93. The number of carbonyl (C=O) groups is 1. The van der Waals surface area contributed by atoms with Crippen molar-refractivity contribution in [3.63, 3.8) is 0 Å². The first-order chi connectivity index (χ1) is 10.2. The standard InChI is InChI=1S/C15H20ClNO4S/c1-9-6-13(21-3)12(10(2)15(9)16)7-14(18)17-11-4-5-22(19,20)8-11/h6,11H,4-5,7-8H2,1-3H3,(H,17,18). The lowest BCUT2D eigenvalue weighted by molar-refractivity contribution is -0.121. The number of ether oxygens (including phenoxy) is 1. The zero-order valence-electron chi connectivity index (χ0n) is 12.9. The first kappa shape index (κ1) is 17.1. The van der Waals surface area contributed by atoms with E-state index in [0.29, 0.717) is 17.2 Å². The third kappa shape index (κ3) is 3.73. The summed E-state index contributed by atoms with van der Waals surface area (Å²) in [7, 11) is -1.46. The average Bonchev–Trinajstić information content (AvgIpc) is 2.78. The predicted octanol–water partition coefficient (Wildman–Crippen LogP) is 1.81. The van der Waals surface area contributed by atoms with Crippen LogP contribution in [0.15, 0.2) is 6.07 Å². The van der Waals surface area contributed by atoms with E-state index in [2.05, 4.69) is 5.32 Å². The Kier molecular flexibility index (Phi) is 5.02. The van der Waals surface area contributed by atoms with Crippen molar-refractivity contribution in [3.05, 3.63) is 27.8 Å². The fraction of sp³-hybridized carbons (Fsp3) is 0.533. The summed E-state index contributed by atoms with van der Waals surface area (Å²) in [6.07, 6.45) is 0.588. The van der Waals surface area contributed by atoms with Gasteiger partial charge in [0.15, 0.2) is 9.84 Å². The Bertz CT molecular complexity index is 700. The van der Waals surface area contributed by atoms with Crippen molar-refractivity contribution in [2.24, 2.45) is 0 Å². The number of aryl methyl sites for hydroxylation is 1. The minimum absolute atomic E-state index is 0.0174. The van der Waals surface area contributed by atoms with Gasteiger partial charge in [0.1, 0.15) is 5.75 Å². The molecule has 1 saturated heterocycles. The Hall–Kier alpha value is -1.27. The lowest BCUT2D eigenvalue weighted by Gasteiger charge is -2.16. The van der Waals surface area contributed by atoms with Gasteiger partial charge in [-0.05, 0) is 37.5 Å². The van der Waals surface area contributed by atoms with Crippen molar-refractivity contribution in [1.82, 2.24) is 5.32 Å². The van der Waals surface area contributed by atoms with Crippen molar-refractivity contribution in [2.45, 2.75) is 32.7 Å². The first-order valence-electron chi connectivity index (χ1n) is 7.06. The van der Waals surface area contributed by atoms with E-state index in [4.69, 9.17) is 16.3 Å². The van der Waals surface area contributed by atoms with Crippen LogP contribution >= 0.6 is 11.6 Å². The summed E-state index contributed by atoms with van der Waals surface area (Å²) >= 11 is 6.24. The molecule has 1 atom stereocenters. The zero-order chi connectivity index (χ0) is 16.5. The number of rotatable bonds is 4. The predicted molar refractivity (Wildman–Crippen MR) is 86.4 cm³/mol. The van der Waals surface area contributed by atoms with Crippen LogP contribution in [0.3, 0.4) is 0 Å². The molecule has 1 amide bonds. The fourth-order valence-electron chi connectivity index (χ4n) is 2.71. The molecule has 1 fully saturated rings. The first-order valence-corrected chi connectivity index (χ1v) is 9.26. The molecule has 1 aliphatic rings. The molecule has 0 aliphatic carbocycles. The fourth-order valence-corrected chi connectivity index (χ4v) is 4.55. The van der Waals surface area contributed by atoms with Gasteiger partial charge in [-0.25, -0.2) is 8.42 Å². The second-order valence-electron chi connectivity index (χ2n) is 5.66. The number of benzene rings is 1. The Morgan fingerprint density at radius 1 is 1.45 bits per heavy atom. The SMILES string of the molecule is COc1cc(C)c(Cl)c(C)c1CC(=O)NC1CCS(=O)(=O)C1. The van der Waals surface area contributed by atoms with Gasteiger partial charge in [-0.15, -0.1) is 0 Å². The molecule has 5 nitrogen and oxygen atoms in total. The second-order valence-corrected chi connectivity index (χ2v) is 8.26. The number of sulfone groups is 1. The van der Waals surface area contributed by atoms with Gasteiger partial charge in [-0.3, -0.25) is 4.79 Å². The maximum absolute atomic E-state index is 12.2. The summed E-state index contributed by atoms with van der Waals surface area (Å²) in [5.41, 5.74) is 2.44. The molecule has 1 unspecified atom stereocenters. The summed E-state index contributed by atoms with van der Waals surface area (Å²) < 4.78 is 28.2. The molecule has 1 aliphatic heterocycles. The third-order valence-corrected chi connectivity index (χ3v) is 6.28. The van der Waals surface area contributed by atoms with Crippen LogP contribution in [0.1, 0.15) is 23.1 Å². The number of halogens is 1. The highest BCUT2D eigenvalue weighted by Gasteiger charge is 2.29. The quantitative estimate of drug-likeness (QED) is 0.903. The second kappa shape index (κ2) is 6.46. The zero-order valence-corrected chi connectivity index (χ0v) is 14.5. The highest BCUT2D eigenvalue weighted by atomic mass is 35.5. The topological polar surface area (TPSA) is 72.5 Å². The smallest absolute Gasteiger partial charge is 0.224 e. The van der Waals surface area contributed by atoms with Crippen LogP contribution in [0.2, 0.25) is 5.02 Å². The molecule has 0 spiro atoms. The van der Waals surface area contributed by atoms with Crippen LogP contribution in [0.4, 0.5) is 0 Å². The van der Waals surface area contributed by atoms with Gasteiger partial charge >= 0.3 is 0 Å². The van der Waals surface area contributed by atoms with Crippen molar-refractivity contribution in [1.29, 1.82) is 0 Å². The van der Waals surface area contributed by atoms with Gasteiger partial charge in [0.2, 0.25) is 5.91 Å². The average molecular weight is 346 g/mol. The van der Waals surface area contributed by atoms with Crippen molar-refractivity contribution >= 4 is 27.3 Å². The molecule has 22 heavy (non-hydrogen) atoms. The van der Waals surface area contributed by atoms with E-state index in [1.807, 2.05) is 13.8 Å². The summed E-state index contributed by atoms with van der Waals surface area (Å²) in [4.78, 5) is 12.2. The molecule has 0 saturated carbocycles. The minimum Gasteiger partial charge on any atom is -0.496 e. The van der Waals surface area contributed by atoms with Gasteiger partial charge in [0.25, 0.3) is 0 Å². The van der Waals surface area contributed by atoms with E-state index in [1.54, 1.807) is 13.2 Å². The van der Waals surface area contributed by atoms with E-state index in [-0.39, 0.29) is 29.9 Å². The Labute approximate surface area is 135 Å². The van der Waals surface area contributed by atoms with Crippen LogP contribution in [0.5, 0.6) is 5.75 Å². The highest BCUT2D eigenvalue weighted by Crippen LogP contribution is 2.31. The van der Waals surface area contributed by atoms with E-state index >= 15 is 0 Å². The molecule has 7 heteroatoms. The number of nitrogens with one attached hydrogen (secondary N) is 1. The number of carbonyl (C=O) groups excluding carboxylic acids is 1. The van der Waals surface area contributed by atoms with Gasteiger partial charge in [-0.2, -0.15) is 0 Å². The van der Waals surface area contributed by atoms with Gasteiger partial charge in [0.05, 0.1) is 25.0 Å². The molecule has 122 valence electrons. The molecule has 0 radical (unpaired) electrons. The Morgan fingerprint density at radius 3 is 2.68 bits per heavy atom. The molecule has 1 aromatic rings. The molecule has 2 rings (SSSR count). The molecule has 0 aromatic heterocycles. The summed E-state index contributed by atoms with van der Waals surface area (Å²) in [6, 6.07) is 1.50. The summed E-state index contributed by atoms with van der Waals surface area (Å²) in [5.74, 6) is 0.553. The van der Waals surface area contributed by atoms with Gasteiger partial charge < -0.3 is 10.1 Å². The summed E-state index contributed by atoms with van der Waals surface area (Å²) in [5, 5.41) is 3.40. The van der Waals surface area contributed by atoms with E-state index in [1.165, 1.54) is 0 Å². The van der Waals surface area contributed by atoms with E-state index in [9.17, 15) is 13.2 Å². The number of methoxy groups -OCH3 is 1. The molecule has 1 heterocycles. The number of hydrogen-bond donors (Lipinski definition) is 1. The molecule has 0 bridgehead atoms. The van der Waals surface area contributed by atoms with Gasteiger partial charge in [-0.1, -0.05) is 11.6 Å². The Morgan fingerprint density at radius 2 is 2.14 bits per heavy atom. The Balaban J connectivity index is 2.13. The maximum atomic E-state index is 12.2. The number of amides is 1. The normalized spacial score (nSPS) is 19.9. The van der Waals surface area contributed by atoms with E-state index < -0.39 is 9.84 Å². The maximum Gasteiger partial charge on any atom is 0.224 e.